The number of halogens is 1. The highest BCUT2D eigenvalue weighted by atomic mass is 19.1. The summed E-state index contributed by atoms with van der Waals surface area (Å²) < 4.78 is 19.3. The number of aryl methyl sites for hydroxylation is 1. The minimum Gasteiger partial charge on any atom is -0.377 e. The van der Waals surface area contributed by atoms with Gasteiger partial charge in [0, 0.05) is 13.0 Å². The molecular formula is C19H23FO. The van der Waals surface area contributed by atoms with E-state index in [0.29, 0.717) is 26.1 Å². The highest BCUT2D eigenvalue weighted by molar-refractivity contribution is 5.14. The van der Waals surface area contributed by atoms with E-state index in [9.17, 15) is 4.39 Å². The molecule has 112 valence electrons. The van der Waals surface area contributed by atoms with Gasteiger partial charge in [0.15, 0.2) is 0 Å². The highest BCUT2D eigenvalue weighted by Crippen LogP contribution is 2.11. The lowest BCUT2D eigenvalue weighted by molar-refractivity contribution is 0.0975. The summed E-state index contributed by atoms with van der Waals surface area (Å²) in [6.07, 6.45) is 2.19. The van der Waals surface area contributed by atoms with Crippen LogP contribution in [0.1, 0.15) is 30.4 Å². The SMILES string of the molecule is FC(CCCc1ccccc1)CCOCc1ccccc1. The Bertz CT molecular complexity index is 483. The van der Waals surface area contributed by atoms with Crippen molar-refractivity contribution >= 4 is 0 Å². The first-order valence-electron chi connectivity index (χ1n) is 7.64. The van der Waals surface area contributed by atoms with Gasteiger partial charge in [0.25, 0.3) is 0 Å². The van der Waals surface area contributed by atoms with Crippen LogP contribution in [0.25, 0.3) is 0 Å². The smallest absolute Gasteiger partial charge is 0.102 e. The number of hydrogen-bond donors (Lipinski definition) is 0. The van der Waals surface area contributed by atoms with Crippen molar-refractivity contribution in [2.75, 3.05) is 6.61 Å². The topological polar surface area (TPSA) is 9.23 Å². The van der Waals surface area contributed by atoms with E-state index in [4.69, 9.17) is 4.74 Å². The van der Waals surface area contributed by atoms with E-state index in [-0.39, 0.29) is 0 Å². The number of ether oxygens (including phenoxy) is 1. The van der Waals surface area contributed by atoms with Crippen LogP contribution in [0.4, 0.5) is 4.39 Å². The van der Waals surface area contributed by atoms with Gasteiger partial charge in [-0.05, 0) is 30.4 Å². The molecule has 2 heteroatoms. The van der Waals surface area contributed by atoms with Gasteiger partial charge in [0.2, 0.25) is 0 Å². The molecule has 1 nitrogen and oxygen atoms in total. The van der Waals surface area contributed by atoms with Crippen molar-refractivity contribution in [2.24, 2.45) is 0 Å². The molecule has 0 saturated carbocycles. The molecule has 2 aromatic rings. The molecule has 0 heterocycles. The van der Waals surface area contributed by atoms with Crippen LogP contribution in [0.5, 0.6) is 0 Å². The van der Waals surface area contributed by atoms with Gasteiger partial charge in [-0.2, -0.15) is 0 Å². The first-order valence-corrected chi connectivity index (χ1v) is 7.64. The van der Waals surface area contributed by atoms with Gasteiger partial charge >= 0.3 is 0 Å². The molecule has 0 N–H and O–H groups in total. The van der Waals surface area contributed by atoms with Crippen LogP contribution in [0, 0.1) is 0 Å². The monoisotopic (exact) mass is 286 g/mol. The molecular weight excluding hydrogens is 263 g/mol. The normalized spacial score (nSPS) is 12.2. The standard InChI is InChI=1S/C19H23FO/c20-19(13-7-12-17-8-3-1-4-9-17)14-15-21-16-18-10-5-2-6-11-18/h1-6,8-11,19H,7,12-16H2. The molecule has 2 aromatic carbocycles. The van der Waals surface area contributed by atoms with Crippen molar-refractivity contribution in [1.29, 1.82) is 0 Å². The minimum absolute atomic E-state index is 0.487. The summed E-state index contributed by atoms with van der Waals surface area (Å²) in [6, 6.07) is 20.2. The van der Waals surface area contributed by atoms with Crippen molar-refractivity contribution in [3.8, 4) is 0 Å². The van der Waals surface area contributed by atoms with Gasteiger partial charge in [-0.3, -0.25) is 0 Å². The van der Waals surface area contributed by atoms with Gasteiger partial charge in [0.05, 0.1) is 6.61 Å². The third-order valence-corrected chi connectivity index (χ3v) is 3.51. The molecule has 0 aliphatic carbocycles. The van der Waals surface area contributed by atoms with Crippen molar-refractivity contribution in [3.05, 3.63) is 71.8 Å². The first-order chi connectivity index (χ1) is 10.3. The van der Waals surface area contributed by atoms with Crippen LogP contribution in [0.15, 0.2) is 60.7 Å². The highest BCUT2D eigenvalue weighted by Gasteiger charge is 2.06. The fourth-order valence-corrected chi connectivity index (χ4v) is 2.29. The number of rotatable bonds is 9. The second-order valence-corrected chi connectivity index (χ2v) is 5.30. The second kappa shape index (κ2) is 9.30. The molecule has 0 bridgehead atoms. The maximum absolute atomic E-state index is 13.8. The summed E-state index contributed by atoms with van der Waals surface area (Å²) in [5.74, 6) is 0. The molecule has 0 fully saturated rings. The average molecular weight is 286 g/mol. The molecule has 21 heavy (non-hydrogen) atoms. The second-order valence-electron chi connectivity index (χ2n) is 5.30. The van der Waals surface area contributed by atoms with E-state index >= 15 is 0 Å². The Labute approximate surface area is 126 Å². The van der Waals surface area contributed by atoms with Crippen molar-refractivity contribution in [3.63, 3.8) is 0 Å². The zero-order valence-corrected chi connectivity index (χ0v) is 12.4. The fraction of sp³-hybridized carbons (Fsp3) is 0.368. The van der Waals surface area contributed by atoms with E-state index in [2.05, 4.69) is 12.1 Å². The Morgan fingerprint density at radius 2 is 1.43 bits per heavy atom. The van der Waals surface area contributed by atoms with Crippen LogP contribution in [0.3, 0.4) is 0 Å². The third-order valence-electron chi connectivity index (χ3n) is 3.51. The fourth-order valence-electron chi connectivity index (χ4n) is 2.29. The molecule has 0 saturated heterocycles. The Morgan fingerprint density at radius 1 is 0.810 bits per heavy atom. The molecule has 0 aliphatic rings. The molecule has 0 amide bonds. The van der Waals surface area contributed by atoms with Gasteiger partial charge in [0.1, 0.15) is 6.17 Å². The van der Waals surface area contributed by atoms with E-state index in [1.807, 2.05) is 48.5 Å². The molecule has 0 radical (unpaired) electrons. The molecule has 0 spiro atoms. The Morgan fingerprint density at radius 3 is 2.10 bits per heavy atom. The van der Waals surface area contributed by atoms with Crippen LogP contribution >= 0.6 is 0 Å². The number of benzene rings is 2. The van der Waals surface area contributed by atoms with Gasteiger partial charge < -0.3 is 4.74 Å². The zero-order valence-electron chi connectivity index (χ0n) is 12.4. The zero-order chi connectivity index (χ0) is 14.8. The number of hydrogen-bond acceptors (Lipinski definition) is 1. The molecule has 1 atom stereocenters. The minimum atomic E-state index is -0.760. The lowest BCUT2D eigenvalue weighted by Gasteiger charge is -2.09. The van der Waals surface area contributed by atoms with Crippen LogP contribution in [-0.4, -0.2) is 12.8 Å². The van der Waals surface area contributed by atoms with E-state index in [0.717, 1.165) is 18.4 Å². The van der Waals surface area contributed by atoms with Crippen LogP contribution < -0.4 is 0 Å². The summed E-state index contributed by atoms with van der Waals surface area (Å²) in [5.41, 5.74) is 2.42. The lowest BCUT2D eigenvalue weighted by atomic mass is 10.1. The molecule has 0 aromatic heterocycles. The average Bonchev–Trinajstić information content (AvgIpc) is 2.54. The quantitative estimate of drug-likeness (QED) is 0.592. The van der Waals surface area contributed by atoms with Crippen molar-refractivity contribution < 1.29 is 9.13 Å². The number of alkyl halides is 1. The third kappa shape index (κ3) is 6.54. The first kappa shape index (κ1) is 15.7. The maximum Gasteiger partial charge on any atom is 0.102 e. The van der Waals surface area contributed by atoms with Crippen molar-refractivity contribution in [2.45, 2.75) is 38.5 Å². The Balaban J connectivity index is 1.52. The summed E-state index contributed by atoms with van der Waals surface area (Å²) in [4.78, 5) is 0. The Kier molecular flexibility index (Phi) is 6.96. The summed E-state index contributed by atoms with van der Waals surface area (Å²) in [6.45, 7) is 1.05. The van der Waals surface area contributed by atoms with Gasteiger partial charge in [-0.1, -0.05) is 60.7 Å². The van der Waals surface area contributed by atoms with Crippen molar-refractivity contribution in [1.82, 2.24) is 0 Å². The summed E-state index contributed by atoms with van der Waals surface area (Å²) >= 11 is 0. The molecule has 1 unspecified atom stereocenters. The van der Waals surface area contributed by atoms with Gasteiger partial charge in [-0.25, -0.2) is 4.39 Å². The van der Waals surface area contributed by atoms with Crippen LogP contribution in [-0.2, 0) is 17.8 Å². The summed E-state index contributed by atoms with van der Waals surface area (Å²) in [7, 11) is 0. The van der Waals surface area contributed by atoms with Crippen LogP contribution in [0.2, 0.25) is 0 Å². The largest absolute Gasteiger partial charge is 0.377 e. The predicted molar refractivity (Wildman–Crippen MR) is 85.0 cm³/mol. The van der Waals surface area contributed by atoms with Gasteiger partial charge in [-0.15, -0.1) is 0 Å². The molecule has 0 aliphatic heterocycles. The summed E-state index contributed by atoms with van der Waals surface area (Å²) in [5, 5.41) is 0. The molecule has 2 rings (SSSR count). The Hall–Kier alpha value is -1.67. The maximum atomic E-state index is 13.8. The van der Waals surface area contributed by atoms with E-state index in [1.54, 1.807) is 0 Å². The van der Waals surface area contributed by atoms with E-state index < -0.39 is 6.17 Å². The predicted octanol–water partition coefficient (Wildman–Crippen LogP) is 4.95. The van der Waals surface area contributed by atoms with E-state index in [1.165, 1.54) is 5.56 Å². The lowest BCUT2D eigenvalue weighted by Crippen LogP contribution is -2.06.